The Morgan fingerprint density at radius 2 is 2.18 bits per heavy atom. The van der Waals surface area contributed by atoms with Crippen molar-refractivity contribution in [2.24, 2.45) is 0 Å². The van der Waals surface area contributed by atoms with Gasteiger partial charge in [-0.3, -0.25) is 9.59 Å². The zero-order valence-corrected chi connectivity index (χ0v) is 14.7. The van der Waals surface area contributed by atoms with Gasteiger partial charge in [-0.25, -0.2) is 0 Å². The number of rotatable bonds is 6. The summed E-state index contributed by atoms with van der Waals surface area (Å²) in [5.41, 5.74) is 1.26. The molecule has 1 aliphatic rings. The lowest BCUT2D eigenvalue weighted by atomic mass is 10.1. The quantitative estimate of drug-likeness (QED) is 0.822. The van der Waals surface area contributed by atoms with Crippen LogP contribution in [0.2, 0.25) is 0 Å². The number of hydrogen-bond acceptors (Lipinski definition) is 4. The normalized spacial score (nSPS) is 14.7. The van der Waals surface area contributed by atoms with Crippen LogP contribution in [0.1, 0.15) is 30.2 Å². The summed E-state index contributed by atoms with van der Waals surface area (Å²) in [6, 6.07) is 2.33. The predicted octanol–water partition coefficient (Wildman–Crippen LogP) is 1.56. The Kier molecular flexibility index (Phi) is 7.85. The third kappa shape index (κ3) is 5.26. The Balaban J connectivity index is 0.00000242. The van der Waals surface area contributed by atoms with Gasteiger partial charge < -0.3 is 15.5 Å². The molecule has 2 N–H and O–H groups in total. The minimum absolute atomic E-state index is 0. The summed E-state index contributed by atoms with van der Waals surface area (Å²) in [7, 11) is 1.86. The van der Waals surface area contributed by atoms with E-state index >= 15 is 0 Å². The first-order chi connectivity index (χ1) is 10.1. The number of carbonyl (C=O) groups excluding carboxylic acids is 2. The van der Waals surface area contributed by atoms with Crippen LogP contribution in [0.25, 0.3) is 0 Å². The Labute approximate surface area is 141 Å². The summed E-state index contributed by atoms with van der Waals surface area (Å²) in [5, 5.41) is 7.97. The van der Waals surface area contributed by atoms with Crippen molar-refractivity contribution in [1.82, 2.24) is 15.5 Å². The first kappa shape index (κ1) is 18.9. The Bertz CT molecular complexity index is 507. The lowest BCUT2D eigenvalue weighted by molar-refractivity contribution is -0.134. The summed E-state index contributed by atoms with van der Waals surface area (Å²) < 4.78 is 0. The van der Waals surface area contributed by atoms with Crippen molar-refractivity contribution in [2.45, 2.75) is 38.8 Å². The molecule has 2 rings (SSSR count). The summed E-state index contributed by atoms with van der Waals surface area (Å²) in [6.07, 6.45) is 1.49. The molecule has 0 fully saturated rings. The number of nitrogens with one attached hydrogen (secondary N) is 2. The fourth-order valence-electron chi connectivity index (χ4n) is 2.30. The van der Waals surface area contributed by atoms with E-state index in [4.69, 9.17) is 0 Å². The minimum atomic E-state index is -0.0568. The van der Waals surface area contributed by atoms with Crippen LogP contribution in [-0.2, 0) is 22.6 Å². The number of likely N-dealkylation sites (N-methyl/N-ethyl adjacent to an activating group) is 1. The molecule has 124 valence electrons. The molecule has 1 aliphatic heterocycles. The van der Waals surface area contributed by atoms with Crippen molar-refractivity contribution in [3.63, 3.8) is 0 Å². The molecule has 0 aliphatic carbocycles. The van der Waals surface area contributed by atoms with Crippen LogP contribution in [0, 0.1) is 0 Å². The summed E-state index contributed by atoms with van der Waals surface area (Å²) in [5.74, 6) is 0.0161. The zero-order valence-electron chi connectivity index (χ0n) is 13.1. The van der Waals surface area contributed by atoms with Gasteiger partial charge in [-0.1, -0.05) is 0 Å². The SMILES string of the molecule is CNC(C)CNC(=O)CCC(=O)N1CCc2sccc2C1.Cl. The van der Waals surface area contributed by atoms with E-state index in [1.54, 1.807) is 11.3 Å². The standard InChI is InChI=1S/C15H23N3O2S.ClH/c1-11(16-2)9-17-14(19)3-4-15(20)18-7-5-13-12(10-18)6-8-21-13;/h6,8,11,16H,3-5,7,9-10H2,1-2H3,(H,17,19);1H. The van der Waals surface area contributed by atoms with Gasteiger partial charge in [0.25, 0.3) is 0 Å². The van der Waals surface area contributed by atoms with Gasteiger partial charge in [0.05, 0.1) is 0 Å². The molecule has 5 nitrogen and oxygen atoms in total. The van der Waals surface area contributed by atoms with Crippen LogP contribution in [0.5, 0.6) is 0 Å². The van der Waals surface area contributed by atoms with Crippen LogP contribution >= 0.6 is 23.7 Å². The molecule has 1 unspecified atom stereocenters. The molecule has 0 spiro atoms. The highest BCUT2D eigenvalue weighted by Gasteiger charge is 2.21. The molecule has 1 aromatic rings. The number of halogens is 1. The third-order valence-electron chi connectivity index (χ3n) is 3.82. The molecule has 0 saturated heterocycles. The van der Waals surface area contributed by atoms with Gasteiger partial charge in [-0.05, 0) is 37.4 Å². The fourth-order valence-corrected chi connectivity index (χ4v) is 3.19. The van der Waals surface area contributed by atoms with Crippen LogP contribution < -0.4 is 10.6 Å². The highest BCUT2D eigenvalue weighted by atomic mass is 35.5. The average molecular weight is 346 g/mol. The highest BCUT2D eigenvalue weighted by molar-refractivity contribution is 7.10. The first-order valence-electron chi connectivity index (χ1n) is 7.37. The fraction of sp³-hybridized carbons (Fsp3) is 0.600. The van der Waals surface area contributed by atoms with E-state index in [0.29, 0.717) is 19.5 Å². The van der Waals surface area contributed by atoms with E-state index in [-0.39, 0.29) is 36.7 Å². The molecule has 7 heteroatoms. The molecule has 0 saturated carbocycles. The van der Waals surface area contributed by atoms with E-state index in [0.717, 1.165) is 13.0 Å². The lowest BCUT2D eigenvalue weighted by Gasteiger charge is -2.27. The van der Waals surface area contributed by atoms with Gasteiger partial charge in [0.1, 0.15) is 0 Å². The lowest BCUT2D eigenvalue weighted by Crippen LogP contribution is -2.38. The summed E-state index contributed by atoms with van der Waals surface area (Å²) in [4.78, 5) is 27.1. The van der Waals surface area contributed by atoms with Gasteiger partial charge in [0.2, 0.25) is 11.8 Å². The number of hydrogen-bond donors (Lipinski definition) is 2. The van der Waals surface area contributed by atoms with Crippen molar-refractivity contribution >= 4 is 35.6 Å². The predicted molar refractivity (Wildman–Crippen MR) is 91.5 cm³/mol. The van der Waals surface area contributed by atoms with Crippen molar-refractivity contribution in [3.8, 4) is 0 Å². The minimum Gasteiger partial charge on any atom is -0.355 e. The Hall–Kier alpha value is -1.11. The van der Waals surface area contributed by atoms with Crippen molar-refractivity contribution in [2.75, 3.05) is 20.1 Å². The van der Waals surface area contributed by atoms with Gasteiger partial charge in [-0.15, -0.1) is 23.7 Å². The highest BCUT2D eigenvalue weighted by Crippen LogP contribution is 2.24. The molecule has 22 heavy (non-hydrogen) atoms. The second-order valence-corrected chi connectivity index (χ2v) is 6.43. The van der Waals surface area contributed by atoms with Gasteiger partial charge in [0, 0.05) is 43.4 Å². The van der Waals surface area contributed by atoms with E-state index in [1.165, 1.54) is 10.4 Å². The monoisotopic (exact) mass is 345 g/mol. The Morgan fingerprint density at radius 1 is 1.41 bits per heavy atom. The second kappa shape index (κ2) is 9.12. The number of amides is 2. The first-order valence-corrected chi connectivity index (χ1v) is 8.25. The second-order valence-electron chi connectivity index (χ2n) is 5.43. The maximum absolute atomic E-state index is 12.2. The molecule has 2 heterocycles. The Morgan fingerprint density at radius 3 is 2.91 bits per heavy atom. The van der Waals surface area contributed by atoms with E-state index in [9.17, 15) is 9.59 Å². The topological polar surface area (TPSA) is 61.4 Å². The van der Waals surface area contributed by atoms with Gasteiger partial charge >= 0.3 is 0 Å². The molecule has 0 aromatic carbocycles. The molecule has 1 atom stereocenters. The van der Waals surface area contributed by atoms with Crippen molar-refractivity contribution in [1.29, 1.82) is 0 Å². The molecule has 1 aromatic heterocycles. The van der Waals surface area contributed by atoms with Gasteiger partial charge in [-0.2, -0.15) is 0 Å². The summed E-state index contributed by atoms with van der Waals surface area (Å²) >= 11 is 1.76. The molecule has 2 amide bonds. The number of carbonyl (C=O) groups is 2. The smallest absolute Gasteiger partial charge is 0.223 e. The number of nitrogens with zero attached hydrogens (tertiary/aromatic N) is 1. The third-order valence-corrected chi connectivity index (χ3v) is 4.85. The van der Waals surface area contributed by atoms with Crippen LogP contribution in [0.15, 0.2) is 11.4 Å². The molecule has 0 radical (unpaired) electrons. The van der Waals surface area contributed by atoms with E-state index < -0.39 is 0 Å². The largest absolute Gasteiger partial charge is 0.355 e. The van der Waals surface area contributed by atoms with Crippen molar-refractivity contribution < 1.29 is 9.59 Å². The molecular weight excluding hydrogens is 322 g/mol. The summed E-state index contributed by atoms with van der Waals surface area (Å²) in [6.45, 7) is 4.05. The van der Waals surface area contributed by atoms with Gasteiger partial charge in [0.15, 0.2) is 0 Å². The van der Waals surface area contributed by atoms with Crippen LogP contribution in [-0.4, -0.2) is 42.9 Å². The van der Waals surface area contributed by atoms with Crippen LogP contribution in [0.4, 0.5) is 0 Å². The van der Waals surface area contributed by atoms with E-state index in [2.05, 4.69) is 22.1 Å². The van der Waals surface area contributed by atoms with Crippen molar-refractivity contribution in [3.05, 3.63) is 21.9 Å². The molecular formula is C15H24ClN3O2S. The maximum Gasteiger partial charge on any atom is 0.223 e. The average Bonchev–Trinajstić information content (AvgIpc) is 2.97. The van der Waals surface area contributed by atoms with Crippen LogP contribution in [0.3, 0.4) is 0 Å². The zero-order chi connectivity index (χ0) is 15.2. The number of thiophene rings is 1. The maximum atomic E-state index is 12.2. The van der Waals surface area contributed by atoms with E-state index in [1.807, 2.05) is 18.9 Å². The number of fused-ring (bicyclic) bond motifs is 1. The molecule has 0 bridgehead atoms.